The average molecular weight is 625 g/mol. The van der Waals surface area contributed by atoms with Gasteiger partial charge in [0.25, 0.3) is 0 Å². The number of carbonyl (C=O) groups excluding carboxylic acids is 3. The maximum atomic E-state index is 13.5. The summed E-state index contributed by atoms with van der Waals surface area (Å²) < 4.78 is 6.28. The van der Waals surface area contributed by atoms with Crippen molar-refractivity contribution in [1.29, 1.82) is 0 Å². The molecule has 4 rings (SSSR count). The Kier molecular flexibility index (Phi) is 10.4. The highest BCUT2D eigenvalue weighted by atomic mass is 79.9. The van der Waals surface area contributed by atoms with Gasteiger partial charge >= 0.3 is 6.09 Å². The summed E-state index contributed by atoms with van der Waals surface area (Å²) in [5.74, 6) is 0.268. The van der Waals surface area contributed by atoms with E-state index in [2.05, 4.69) is 41.8 Å². The summed E-state index contributed by atoms with van der Waals surface area (Å²) in [6.07, 6.45) is 3.46. The van der Waals surface area contributed by atoms with Gasteiger partial charge in [0.2, 0.25) is 5.91 Å². The number of carbonyl (C=O) groups is 3. The van der Waals surface area contributed by atoms with E-state index in [-0.39, 0.29) is 24.0 Å². The molecule has 2 N–H and O–H groups in total. The van der Waals surface area contributed by atoms with Gasteiger partial charge in [0, 0.05) is 40.5 Å². The number of hydrogen-bond acceptors (Lipinski definition) is 7. The van der Waals surface area contributed by atoms with E-state index in [1.807, 2.05) is 69.3 Å². The van der Waals surface area contributed by atoms with Gasteiger partial charge in [-0.3, -0.25) is 9.59 Å². The van der Waals surface area contributed by atoms with Crippen molar-refractivity contribution >= 4 is 45.2 Å². The van der Waals surface area contributed by atoms with E-state index >= 15 is 0 Å². The molecule has 2 aromatic carbocycles. The molecule has 2 aliphatic rings. The molecule has 0 saturated heterocycles. The van der Waals surface area contributed by atoms with Crippen LogP contribution in [0.15, 0.2) is 68.2 Å². The van der Waals surface area contributed by atoms with Crippen molar-refractivity contribution < 1.29 is 19.1 Å². The molecule has 10 heteroatoms. The molecule has 1 aliphatic carbocycles. The normalized spacial score (nSPS) is 19.3. The molecule has 2 amide bonds. The van der Waals surface area contributed by atoms with Crippen LogP contribution >= 0.6 is 15.9 Å². The Morgan fingerprint density at radius 3 is 2.29 bits per heavy atom. The second kappa shape index (κ2) is 14.0. The Balaban J connectivity index is 1.34. The number of amides is 2. The summed E-state index contributed by atoms with van der Waals surface area (Å²) in [4.78, 5) is 43.1. The van der Waals surface area contributed by atoms with E-state index in [1.54, 1.807) is 0 Å². The molecule has 0 bridgehead atoms. The number of anilines is 1. The largest absolute Gasteiger partial charge is 0.444 e. The predicted octanol–water partition coefficient (Wildman–Crippen LogP) is 6.71. The molecule has 0 radical (unpaired) electrons. The highest BCUT2D eigenvalue weighted by molar-refractivity contribution is 9.10. The lowest BCUT2D eigenvalue weighted by Gasteiger charge is -2.29. The maximum Gasteiger partial charge on any atom is 0.407 e. The predicted molar refractivity (Wildman–Crippen MR) is 162 cm³/mol. The first-order valence-corrected chi connectivity index (χ1v) is 14.9. The number of alkyl carbamates (subject to hydrolysis) is 1. The third-order valence-corrected chi connectivity index (χ3v) is 7.84. The Morgan fingerprint density at radius 1 is 1.00 bits per heavy atom. The van der Waals surface area contributed by atoms with E-state index in [4.69, 9.17) is 4.74 Å². The Bertz CT molecular complexity index is 1280. The number of amidine groups is 1. The van der Waals surface area contributed by atoms with Crippen molar-refractivity contribution in [3.8, 4) is 0 Å². The van der Waals surface area contributed by atoms with Crippen molar-refractivity contribution in [2.24, 2.45) is 33.0 Å². The number of hydrogen-bond donors (Lipinski definition) is 2. The molecule has 1 atom stereocenters. The lowest BCUT2D eigenvalue weighted by molar-refractivity contribution is -0.129. The van der Waals surface area contributed by atoms with Crippen LogP contribution in [-0.4, -0.2) is 42.4 Å². The first-order valence-electron chi connectivity index (χ1n) is 14.1. The monoisotopic (exact) mass is 623 g/mol. The maximum absolute atomic E-state index is 13.5. The van der Waals surface area contributed by atoms with Gasteiger partial charge in [0.15, 0.2) is 12.5 Å². The van der Waals surface area contributed by atoms with Crippen LogP contribution in [0, 0.1) is 17.8 Å². The first kappa shape index (κ1) is 30.6. The summed E-state index contributed by atoms with van der Waals surface area (Å²) in [5.41, 5.74) is 1.95. The SMILES string of the molecule is CC(C)(C)OC(=O)NCC1CCC(C(=O)C[C@@H](Cc2ccc(Br)cc2)C(=O)Nc2ccc(C3=NCN=N3)cc2)CC1. The minimum Gasteiger partial charge on any atom is -0.444 e. The van der Waals surface area contributed by atoms with E-state index in [0.29, 0.717) is 37.1 Å². The molecule has 1 fully saturated rings. The van der Waals surface area contributed by atoms with Crippen LogP contribution in [0.2, 0.25) is 0 Å². The van der Waals surface area contributed by atoms with Gasteiger partial charge < -0.3 is 15.4 Å². The number of ether oxygens (including phenoxy) is 1. The number of nitrogens with one attached hydrogen (secondary N) is 2. The van der Waals surface area contributed by atoms with Crippen LogP contribution in [0.1, 0.15) is 64.0 Å². The van der Waals surface area contributed by atoms with Gasteiger partial charge in [-0.25, -0.2) is 9.79 Å². The highest BCUT2D eigenvalue weighted by Gasteiger charge is 2.30. The van der Waals surface area contributed by atoms with E-state index in [1.165, 1.54) is 0 Å². The van der Waals surface area contributed by atoms with E-state index in [0.717, 1.165) is 41.3 Å². The van der Waals surface area contributed by atoms with Crippen LogP contribution in [0.5, 0.6) is 0 Å². The number of ketones is 1. The van der Waals surface area contributed by atoms with Gasteiger partial charge in [0.05, 0.1) is 0 Å². The standard InChI is InChI=1S/C31H38BrN5O4/c1-31(2,3)41-30(40)33-18-21-4-8-22(9-5-21)27(38)17-24(16-20-6-12-25(32)13-7-20)29(39)36-26-14-10-23(11-15-26)28-34-19-35-37-28/h6-7,10-15,21-22,24H,4-5,8-9,16-19H2,1-3H3,(H,33,40)(H,36,39)/t21?,22?,24-/m1/s1. The zero-order valence-electron chi connectivity index (χ0n) is 23.9. The average Bonchev–Trinajstić information content (AvgIpc) is 3.48. The Labute approximate surface area is 249 Å². The lowest BCUT2D eigenvalue weighted by Crippen LogP contribution is -2.37. The quantitative estimate of drug-likeness (QED) is 0.305. The second-order valence-corrected chi connectivity index (χ2v) is 12.6. The zero-order valence-corrected chi connectivity index (χ0v) is 25.4. The summed E-state index contributed by atoms with van der Waals surface area (Å²) in [5, 5.41) is 13.7. The van der Waals surface area contributed by atoms with Gasteiger partial charge in [-0.15, -0.1) is 5.11 Å². The third-order valence-electron chi connectivity index (χ3n) is 7.31. The van der Waals surface area contributed by atoms with Gasteiger partial charge in [-0.1, -0.05) is 28.1 Å². The van der Waals surface area contributed by atoms with Crippen LogP contribution in [0.25, 0.3) is 0 Å². The lowest BCUT2D eigenvalue weighted by atomic mass is 9.77. The van der Waals surface area contributed by atoms with Crippen molar-refractivity contribution in [2.75, 3.05) is 18.5 Å². The molecule has 218 valence electrons. The highest BCUT2D eigenvalue weighted by Crippen LogP contribution is 2.31. The van der Waals surface area contributed by atoms with Crippen LogP contribution < -0.4 is 10.6 Å². The number of aliphatic imine (C=N–C) groups is 1. The molecular weight excluding hydrogens is 586 g/mol. The van der Waals surface area contributed by atoms with E-state index < -0.39 is 17.6 Å². The topological polar surface area (TPSA) is 122 Å². The van der Waals surface area contributed by atoms with Crippen LogP contribution in [0.4, 0.5) is 10.5 Å². The van der Waals surface area contributed by atoms with Gasteiger partial charge in [0.1, 0.15) is 11.4 Å². The van der Waals surface area contributed by atoms with Gasteiger partial charge in [-0.05, 0) is 101 Å². The Morgan fingerprint density at radius 2 is 1.68 bits per heavy atom. The third kappa shape index (κ3) is 9.59. The summed E-state index contributed by atoms with van der Waals surface area (Å²) in [6, 6.07) is 15.2. The van der Waals surface area contributed by atoms with Gasteiger partial charge in [-0.2, -0.15) is 5.11 Å². The van der Waals surface area contributed by atoms with Crippen molar-refractivity contribution in [2.45, 2.75) is 64.9 Å². The van der Waals surface area contributed by atoms with Crippen molar-refractivity contribution in [1.82, 2.24) is 5.32 Å². The number of benzene rings is 2. The molecule has 0 unspecified atom stereocenters. The molecule has 2 aromatic rings. The molecule has 1 saturated carbocycles. The fourth-order valence-corrected chi connectivity index (χ4v) is 5.39. The van der Waals surface area contributed by atoms with Crippen molar-refractivity contribution in [3.05, 3.63) is 64.1 Å². The molecule has 1 heterocycles. The molecule has 0 spiro atoms. The fraction of sp³-hybridized carbons (Fsp3) is 0.484. The van der Waals surface area contributed by atoms with Crippen LogP contribution in [-0.2, 0) is 20.7 Å². The summed E-state index contributed by atoms with van der Waals surface area (Å²) in [6.45, 7) is 6.39. The molecule has 0 aromatic heterocycles. The Hall–Kier alpha value is -3.40. The molecular formula is C31H38BrN5O4. The van der Waals surface area contributed by atoms with Crippen LogP contribution in [0.3, 0.4) is 0 Å². The number of halogens is 1. The van der Waals surface area contributed by atoms with Crippen molar-refractivity contribution in [3.63, 3.8) is 0 Å². The summed E-state index contributed by atoms with van der Waals surface area (Å²) in [7, 11) is 0. The minimum atomic E-state index is -0.533. The number of nitrogens with zero attached hydrogens (tertiary/aromatic N) is 3. The van der Waals surface area contributed by atoms with E-state index in [9.17, 15) is 14.4 Å². The number of rotatable bonds is 10. The fourth-order valence-electron chi connectivity index (χ4n) is 5.13. The molecule has 9 nitrogen and oxygen atoms in total. The minimum absolute atomic E-state index is 0.0753. The zero-order chi connectivity index (χ0) is 29.4. The number of Topliss-reactive ketones (excluding diaryl/α,β-unsaturated/α-hetero) is 1. The first-order chi connectivity index (χ1) is 19.6. The molecule has 41 heavy (non-hydrogen) atoms. The summed E-state index contributed by atoms with van der Waals surface area (Å²) >= 11 is 3.46. The number of azo groups is 1. The molecule has 1 aliphatic heterocycles. The second-order valence-electron chi connectivity index (χ2n) is 11.7. The smallest absolute Gasteiger partial charge is 0.407 e.